The van der Waals surface area contributed by atoms with Crippen LogP contribution in [-0.4, -0.2) is 182 Å². The zero-order valence-corrected chi connectivity index (χ0v) is 28.6. The van der Waals surface area contributed by atoms with Gasteiger partial charge in [-0.05, 0) is 12.1 Å². The second-order valence-electron chi connectivity index (χ2n) is 9.68. The van der Waals surface area contributed by atoms with E-state index in [1.54, 1.807) is 24.3 Å². The van der Waals surface area contributed by atoms with E-state index in [1.807, 2.05) is 6.07 Å². The van der Waals surface area contributed by atoms with E-state index in [4.69, 9.17) is 66.7 Å². The summed E-state index contributed by atoms with van der Waals surface area (Å²) in [6.45, 7) is 9.98. The van der Waals surface area contributed by atoms with Crippen molar-refractivity contribution in [2.24, 2.45) is 0 Å². The lowest BCUT2D eigenvalue weighted by Gasteiger charge is -2.09. The van der Waals surface area contributed by atoms with Gasteiger partial charge in [-0.25, -0.2) is 9.59 Å². The van der Waals surface area contributed by atoms with Gasteiger partial charge in [0.15, 0.2) is 0 Å². The molecule has 0 aliphatic rings. The van der Waals surface area contributed by atoms with Gasteiger partial charge >= 0.3 is 11.9 Å². The van der Waals surface area contributed by atoms with Crippen molar-refractivity contribution in [3.8, 4) is 0 Å². The van der Waals surface area contributed by atoms with Crippen LogP contribution in [0.5, 0.6) is 0 Å². The Morgan fingerprint density at radius 3 is 0.878 bits per heavy atom. The van der Waals surface area contributed by atoms with Crippen LogP contribution in [0.1, 0.15) is 10.4 Å². The highest BCUT2D eigenvalue weighted by Gasteiger charge is 2.05. The second kappa shape index (κ2) is 36.9. The molecule has 0 heterocycles. The number of hydrogen-bond acceptors (Lipinski definition) is 15. The zero-order valence-electron chi connectivity index (χ0n) is 28.6. The van der Waals surface area contributed by atoms with Crippen LogP contribution < -0.4 is 0 Å². The lowest BCUT2D eigenvalue weighted by Crippen LogP contribution is -2.16. The van der Waals surface area contributed by atoms with E-state index in [0.717, 1.165) is 0 Å². The second-order valence-corrected chi connectivity index (χ2v) is 9.68. The largest absolute Gasteiger partial charge is 0.480 e. The van der Waals surface area contributed by atoms with Gasteiger partial charge in [-0.1, -0.05) is 18.2 Å². The summed E-state index contributed by atoms with van der Waals surface area (Å²) in [5.74, 6) is -1.36. The number of hydrogen-bond donors (Lipinski definition) is 1. The number of carboxylic acids is 1. The van der Waals surface area contributed by atoms with Crippen molar-refractivity contribution in [2.45, 2.75) is 0 Å². The first-order chi connectivity index (χ1) is 24.2. The first kappa shape index (κ1) is 44.7. The predicted octanol–water partition coefficient (Wildman–Crippen LogP) is 1.13. The predicted molar refractivity (Wildman–Crippen MR) is 174 cm³/mol. The highest BCUT2D eigenvalue weighted by Crippen LogP contribution is 2.00. The summed E-state index contributed by atoms with van der Waals surface area (Å²) in [5.41, 5.74) is 0.520. The molecule has 0 atom stereocenters. The van der Waals surface area contributed by atoms with Crippen molar-refractivity contribution < 1.29 is 76.3 Å². The van der Waals surface area contributed by atoms with Crippen LogP contribution in [0.4, 0.5) is 0 Å². The average Bonchev–Trinajstić information content (AvgIpc) is 3.11. The molecule has 0 aliphatic carbocycles. The molecule has 0 amide bonds. The number of carbonyl (C=O) groups is 2. The Balaban J connectivity index is 1.63. The number of carbonyl (C=O) groups excluding carboxylic acids is 1. The molecule has 49 heavy (non-hydrogen) atoms. The van der Waals surface area contributed by atoms with Crippen LogP contribution in [0.25, 0.3) is 0 Å². The Labute approximate surface area is 289 Å². The molecular weight excluding hydrogens is 652 g/mol. The van der Waals surface area contributed by atoms with Crippen LogP contribution in [0, 0.1) is 0 Å². The minimum absolute atomic E-state index is 0.195. The van der Waals surface area contributed by atoms with E-state index >= 15 is 0 Å². The van der Waals surface area contributed by atoms with E-state index < -0.39 is 5.97 Å². The first-order valence-corrected chi connectivity index (χ1v) is 16.6. The highest BCUT2D eigenvalue weighted by atomic mass is 16.6. The molecule has 1 rings (SSSR count). The molecule has 1 aromatic rings. The van der Waals surface area contributed by atoms with E-state index in [2.05, 4.69) is 0 Å². The van der Waals surface area contributed by atoms with Gasteiger partial charge in [-0.3, -0.25) is 0 Å². The van der Waals surface area contributed by atoms with Crippen molar-refractivity contribution in [1.29, 1.82) is 0 Å². The number of benzene rings is 1. The number of ether oxygens (including phenoxy) is 13. The van der Waals surface area contributed by atoms with Gasteiger partial charge < -0.3 is 66.7 Å². The molecule has 0 radical (unpaired) electrons. The number of esters is 1. The van der Waals surface area contributed by atoms with Crippen LogP contribution in [-0.2, 0) is 66.4 Å². The molecule has 16 nitrogen and oxygen atoms in total. The normalized spacial score (nSPS) is 11.3. The van der Waals surface area contributed by atoms with Gasteiger partial charge in [0.2, 0.25) is 0 Å². The van der Waals surface area contributed by atoms with E-state index in [0.29, 0.717) is 151 Å². The maximum absolute atomic E-state index is 11.8. The fraction of sp³-hybridized carbons (Fsp3) is 0.758. The van der Waals surface area contributed by atoms with Crippen molar-refractivity contribution in [3.63, 3.8) is 0 Å². The number of aliphatic carboxylic acids is 1. The third kappa shape index (κ3) is 33.9. The third-order valence-electron chi connectivity index (χ3n) is 5.79. The van der Waals surface area contributed by atoms with Crippen molar-refractivity contribution in [2.75, 3.05) is 165 Å². The summed E-state index contributed by atoms with van der Waals surface area (Å²) in [7, 11) is 0. The van der Waals surface area contributed by atoms with Gasteiger partial charge in [-0.2, -0.15) is 0 Å². The standard InChI is InChI=1S/C33H56O16/c34-32(35)30-48-27-26-46-23-22-44-19-18-42-15-14-40-11-10-38-7-6-37-8-9-39-12-13-41-16-17-43-20-21-45-24-25-47-28-29-49-33(36)31-4-2-1-3-5-31/h1-5H,6-30H2,(H,34,35). The summed E-state index contributed by atoms with van der Waals surface area (Å²) >= 11 is 0. The maximum atomic E-state index is 11.8. The smallest absolute Gasteiger partial charge is 0.338 e. The van der Waals surface area contributed by atoms with E-state index in [9.17, 15) is 9.59 Å². The zero-order chi connectivity index (χ0) is 35.1. The van der Waals surface area contributed by atoms with Gasteiger partial charge in [0.1, 0.15) is 13.2 Å². The Kier molecular flexibility index (Phi) is 33.7. The van der Waals surface area contributed by atoms with Crippen LogP contribution in [0.15, 0.2) is 30.3 Å². The SMILES string of the molecule is O=C(O)COCCOCCOCCOCCOCCOCCOCCOCCOCCOCCOCCOCCOC(=O)c1ccccc1. The quantitative estimate of drug-likeness (QED) is 0.0761. The van der Waals surface area contributed by atoms with E-state index in [1.165, 1.54) is 0 Å². The fourth-order valence-electron chi connectivity index (χ4n) is 3.43. The van der Waals surface area contributed by atoms with Gasteiger partial charge in [-0.15, -0.1) is 0 Å². The monoisotopic (exact) mass is 708 g/mol. The number of rotatable bonds is 39. The molecule has 0 fully saturated rings. The first-order valence-electron chi connectivity index (χ1n) is 16.6. The fourth-order valence-corrected chi connectivity index (χ4v) is 3.43. The Bertz CT molecular complexity index is 847. The summed E-state index contributed by atoms with van der Waals surface area (Å²) in [6.07, 6.45) is 0. The summed E-state index contributed by atoms with van der Waals surface area (Å²) < 4.78 is 69.6. The topological polar surface area (TPSA) is 174 Å². The molecule has 0 aromatic heterocycles. The summed E-state index contributed by atoms with van der Waals surface area (Å²) in [4.78, 5) is 22.1. The highest BCUT2D eigenvalue weighted by molar-refractivity contribution is 5.89. The molecule has 0 saturated heterocycles. The Morgan fingerprint density at radius 1 is 0.367 bits per heavy atom. The van der Waals surface area contributed by atoms with Crippen LogP contribution in [0.2, 0.25) is 0 Å². The third-order valence-corrected chi connectivity index (χ3v) is 5.79. The minimum Gasteiger partial charge on any atom is -0.480 e. The molecule has 0 saturated carbocycles. The molecule has 284 valence electrons. The molecule has 0 unspecified atom stereocenters. The maximum Gasteiger partial charge on any atom is 0.338 e. The van der Waals surface area contributed by atoms with Gasteiger partial charge in [0, 0.05) is 0 Å². The lowest BCUT2D eigenvalue weighted by atomic mass is 10.2. The van der Waals surface area contributed by atoms with Crippen molar-refractivity contribution in [3.05, 3.63) is 35.9 Å². The lowest BCUT2D eigenvalue weighted by molar-refractivity contribution is -0.142. The molecular formula is C33H56O16. The average molecular weight is 709 g/mol. The molecule has 1 aromatic carbocycles. The van der Waals surface area contributed by atoms with Crippen molar-refractivity contribution >= 4 is 11.9 Å². The Morgan fingerprint density at radius 2 is 0.612 bits per heavy atom. The number of carboxylic acid groups (broad SMARTS) is 1. The molecule has 0 aliphatic heterocycles. The minimum atomic E-state index is -1.000. The molecule has 16 heteroatoms. The summed E-state index contributed by atoms with van der Waals surface area (Å²) in [6, 6.07) is 8.83. The van der Waals surface area contributed by atoms with Gasteiger partial charge in [0.25, 0.3) is 0 Å². The Hall–Kier alpha value is -2.32. The molecule has 1 N–H and O–H groups in total. The van der Waals surface area contributed by atoms with Gasteiger partial charge in [0.05, 0.1) is 158 Å². The van der Waals surface area contributed by atoms with Crippen molar-refractivity contribution in [1.82, 2.24) is 0 Å². The van der Waals surface area contributed by atoms with Crippen LogP contribution in [0.3, 0.4) is 0 Å². The van der Waals surface area contributed by atoms with E-state index in [-0.39, 0.29) is 25.8 Å². The van der Waals surface area contributed by atoms with Crippen LogP contribution >= 0.6 is 0 Å². The molecule has 0 spiro atoms. The summed E-state index contributed by atoms with van der Waals surface area (Å²) in [5, 5.41) is 8.43. The molecule has 0 bridgehead atoms.